The number of halogens is 1. The third-order valence-electron chi connectivity index (χ3n) is 3.07. The molecule has 0 aliphatic heterocycles. The molecule has 5 heteroatoms. The van der Waals surface area contributed by atoms with E-state index in [1.54, 1.807) is 11.9 Å². The van der Waals surface area contributed by atoms with E-state index in [1.165, 1.54) is 6.33 Å². The zero-order valence-corrected chi connectivity index (χ0v) is 11.1. The predicted molar refractivity (Wildman–Crippen MR) is 73.8 cm³/mol. The first-order valence-corrected chi connectivity index (χ1v) is 6.20. The number of para-hydroxylation sites is 1. The van der Waals surface area contributed by atoms with Crippen LogP contribution in [0.25, 0.3) is 0 Å². The summed E-state index contributed by atoms with van der Waals surface area (Å²) in [6.07, 6.45) is 1.92. The van der Waals surface area contributed by atoms with Crippen molar-refractivity contribution in [1.82, 2.24) is 9.97 Å². The van der Waals surface area contributed by atoms with Crippen LogP contribution in [0.15, 0.2) is 30.6 Å². The van der Waals surface area contributed by atoms with Gasteiger partial charge in [0.2, 0.25) is 0 Å². The van der Waals surface area contributed by atoms with E-state index in [0.29, 0.717) is 18.7 Å². The molecular weight excluding hydrogens is 243 g/mol. The summed E-state index contributed by atoms with van der Waals surface area (Å²) in [4.78, 5) is 9.68. The topological polar surface area (TPSA) is 55.0 Å². The Labute approximate surface area is 112 Å². The molecule has 0 amide bonds. The van der Waals surface area contributed by atoms with E-state index >= 15 is 0 Å². The second-order valence-electron chi connectivity index (χ2n) is 4.20. The van der Waals surface area contributed by atoms with E-state index in [2.05, 4.69) is 9.97 Å². The normalized spacial score (nSPS) is 10.5. The molecule has 1 aromatic heterocycles. The molecule has 0 atom stereocenters. The van der Waals surface area contributed by atoms with Gasteiger partial charge in [-0.25, -0.2) is 14.4 Å². The van der Waals surface area contributed by atoms with Crippen molar-refractivity contribution in [2.24, 2.45) is 5.73 Å². The minimum absolute atomic E-state index is 0.271. The molecule has 0 radical (unpaired) electrons. The van der Waals surface area contributed by atoms with E-state index in [4.69, 9.17) is 5.73 Å². The van der Waals surface area contributed by atoms with Crippen LogP contribution in [-0.4, -0.2) is 17.0 Å². The van der Waals surface area contributed by atoms with Crippen molar-refractivity contribution in [3.05, 3.63) is 47.7 Å². The highest BCUT2D eigenvalue weighted by atomic mass is 19.1. The summed E-state index contributed by atoms with van der Waals surface area (Å²) in [5.74, 6) is -0.105. The van der Waals surface area contributed by atoms with Gasteiger partial charge in [0, 0.05) is 19.3 Å². The third kappa shape index (κ3) is 2.56. The maximum Gasteiger partial charge on any atom is 0.187 e. The van der Waals surface area contributed by atoms with Crippen molar-refractivity contribution < 1.29 is 4.39 Å². The number of nitrogens with zero attached hydrogens (tertiary/aromatic N) is 3. The molecule has 0 aliphatic rings. The van der Waals surface area contributed by atoms with Gasteiger partial charge in [0.25, 0.3) is 0 Å². The first-order chi connectivity index (χ1) is 9.19. The van der Waals surface area contributed by atoms with Crippen molar-refractivity contribution in [3.63, 3.8) is 0 Å². The Bertz CT molecular complexity index is 571. The third-order valence-corrected chi connectivity index (χ3v) is 3.07. The molecule has 0 saturated heterocycles. The molecule has 1 aromatic carbocycles. The van der Waals surface area contributed by atoms with Gasteiger partial charge in [0.15, 0.2) is 11.6 Å². The summed E-state index contributed by atoms with van der Waals surface area (Å²) in [6, 6.07) is 7.62. The molecule has 19 heavy (non-hydrogen) atoms. The van der Waals surface area contributed by atoms with Crippen LogP contribution in [0.5, 0.6) is 0 Å². The molecule has 0 spiro atoms. The van der Waals surface area contributed by atoms with E-state index in [1.807, 2.05) is 31.2 Å². The number of benzene rings is 1. The molecule has 100 valence electrons. The van der Waals surface area contributed by atoms with Crippen molar-refractivity contribution in [2.75, 3.05) is 11.9 Å². The van der Waals surface area contributed by atoms with Gasteiger partial charge < -0.3 is 10.6 Å². The Morgan fingerprint density at radius 2 is 2.00 bits per heavy atom. The standard InChI is InChI=1S/C14H17FN4/c1-3-11-13(15)14(18-9-17-11)19(2)12-7-5-4-6-10(12)8-16/h4-7,9H,3,8,16H2,1-2H3. The van der Waals surface area contributed by atoms with Gasteiger partial charge in [0.1, 0.15) is 6.33 Å². The molecule has 4 nitrogen and oxygen atoms in total. The zero-order valence-electron chi connectivity index (χ0n) is 11.1. The molecule has 0 fully saturated rings. The lowest BCUT2D eigenvalue weighted by molar-refractivity contribution is 0.593. The van der Waals surface area contributed by atoms with Crippen molar-refractivity contribution in [3.8, 4) is 0 Å². The second-order valence-corrected chi connectivity index (χ2v) is 4.20. The molecule has 1 heterocycles. The summed E-state index contributed by atoms with van der Waals surface area (Å²) in [7, 11) is 1.78. The number of hydrogen-bond acceptors (Lipinski definition) is 4. The zero-order chi connectivity index (χ0) is 13.8. The smallest absolute Gasteiger partial charge is 0.187 e. The summed E-state index contributed by atoms with van der Waals surface area (Å²) < 4.78 is 14.2. The quantitative estimate of drug-likeness (QED) is 0.917. The highest BCUT2D eigenvalue weighted by molar-refractivity contribution is 5.63. The molecule has 0 bridgehead atoms. The van der Waals surface area contributed by atoms with Crippen molar-refractivity contribution >= 4 is 11.5 Å². The summed E-state index contributed by atoms with van der Waals surface area (Å²) in [6.45, 7) is 2.26. The summed E-state index contributed by atoms with van der Waals surface area (Å²) >= 11 is 0. The van der Waals surface area contributed by atoms with Crippen LogP contribution in [0.4, 0.5) is 15.9 Å². The average molecular weight is 260 g/mol. The minimum atomic E-state index is -0.376. The Balaban J connectivity index is 2.47. The Morgan fingerprint density at radius 1 is 1.26 bits per heavy atom. The maximum absolute atomic E-state index is 14.2. The van der Waals surface area contributed by atoms with Gasteiger partial charge in [-0.1, -0.05) is 25.1 Å². The van der Waals surface area contributed by atoms with Gasteiger partial charge in [-0.05, 0) is 18.1 Å². The van der Waals surface area contributed by atoms with E-state index in [0.717, 1.165) is 11.3 Å². The van der Waals surface area contributed by atoms with Crippen LogP contribution in [0, 0.1) is 5.82 Å². The monoisotopic (exact) mass is 260 g/mol. The first kappa shape index (κ1) is 13.4. The number of aryl methyl sites for hydroxylation is 1. The largest absolute Gasteiger partial charge is 0.327 e. The average Bonchev–Trinajstić information content (AvgIpc) is 2.46. The summed E-state index contributed by atoms with van der Waals surface area (Å²) in [5, 5.41) is 0. The Kier molecular flexibility index (Phi) is 4.06. The van der Waals surface area contributed by atoms with Crippen LogP contribution >= 0.6 is 0 Å². The van der Waals surface area contributed by atoms with Crippen LogP contribution in [0.1, 0.15) is 18.2 Å². The molecule has 2 rings (SSSR count). The Hall–Kier alpha value is -2.01. The second kappa shape index (κ2) is 5.75. The molecule has 2 N–H and O–H groups in total. The van der Waals surface area contributed by atoms with Crippen LogP contribution in [0.2, 0.25) is 0 Å². The molecule has 2 aromatic rings. The lowest BCUT2D eigenvalue weighted by Crippen LogP contribution is -2.17. The Morgan fingerprint density at radius 3 is 2.68 bits per heavy atom. The lowest BCUT2D eigenvalue weighted by Gasteiger charge is -2.22. The number of anilines is 2. The number of aromatic nitrogens is 2. The van der Waals surface area contributed by atoms with Gasteiger partial charge in [-0.15, -0.1) is 0 Å². The van der Waals surface area contributed by atoms with Crippen LogP contribution in [-0.2, 0) is 13.0 Å². The number of nitrogens with two attached hydrogens (primary N) is 1. The number of rotatable bonds is 4. The van der Waals surface area contributed by atoms with Gasteiger partial charge in [-0.2, -0.15) is 0 Å². The van der Waals surface area contributed by atoms with Crippen molar-refractivity contribution in [2.45, 2.75) is 19.9 Å². The SMILES string of the molecule is CCc1ncnc(N(C)c2ccccc2CN)c1F. The fourth-order valence-electron chi connectivity index (χ4n) is 2.00. The minimum Gasteiger partial charge on any atom is -0.327 e. The van der Waals surface area contributed by atoms with Crippen LogP contribution < -0.4 is 10.6 Å². The predicted octanol–water partition coefficient (Wildman–Crippen LogP) is 2.40. The van der Waals surface area contributed by atoms with E-state index in [-0.39, 0.29) is 11.6 Å². The number of hydrogen-bond donors (Lipinski definition) is 1. The van der Waals surface area contributed by atoms with Gasteiger partial charge in [-0.3, -0.25) is 0 Å². The van der Waals surface area contributed by atoms with Gasteiger partial charge in [0.05, 0.1) is 5.69 Å². The highest BCUT2D eigenvalue weighted by Crippen LogP contribution is 2.27. The fourth-order valence-corrected chi connectivity index (χ4v) is 2.00. The summed E-state index contributed by atoms with van der Waals surface area (Å²) in [5.41, 5.74) is 7.92. The first-order valence-electron chi connectivity index (χ1n) is 6.20. The molecular formula is C14H17FN4. The van der Waals surface area contributed by atoms with E-state index < -0.39 is 0 Å². The molecule has 0 aliphatic carbocycles. The van der Waals surface area contributed by atoms with Gasteiger partial charge >= 0.3 is 0 Å². The molecule has 0 saturated carbocycles. The lowest BCUT2D eigenvalue weighted by atomic mass is 10.1. The fraction of sp³-hybridized carbons (Fsp3) is 0.286. The maximum atomic E-state index is 14.2. The van der Waals surface area contributed by atoms with Crippen molar-refractivity contribution in [1.29, 1.82) is 0 Å². The highest BCUT2D eigenvalue weighted by Gasteiger charge is 2.16. The molecule has 0 unspecified atom stereocenters. The van der Waals surface area contributed by atoms with E-state index in [9.17, 15) is 4.39 Å². The van der Waals surface area contributed by atoms with Crippen LogP contribution in [0.3, 0.4) is 0 Å².